The van der Waals surface area contributed by atoms with Crippen LogP contribution in [0.5, 0.6) is 11.5 Å². The molecule has 4 aromatic rings. The average Bonchev–Trinajstić information content (AvgIpc) is 3.16. The van der Waals surface area contributed by atoms with Gasteiger partial charge in [0, 0.05) is 17.3 Å². The van der Waals surface area contributed by atoms with Crippen molar-refractivity contribution in [3.8, 4) is 22.9 Å². The summed E-state index contributed by atoms with van der Waals surface area (Å²) < 4.78 is 10.5. The molecule has 0 radical (unpaired) electrons. The topological polar surface area (TPSA) is 76.2 Å². The summed E-state index contributed by atoms with van der Waals surface area (Å²) in [5, 5.41) is 3.84. The third-order valence-corrected chi connectivity index (χ3v) is 5.21. The van der Waals surface area contributed by atoms with Gasteiger partial charge in [0.15, 0.2) is 11.5 Å². The van der Waals surface area contributed by atoms with Crippen LogP contribution in [0.1, 0.15) is 10.4 Å². The van der Waals surface area contributed by atoms with Crippen molar-refractivity contribution in [3.63, 3.8) is 0 Å². The number of H-pyrrole nitrogens is 1. The van der Waals surface area contributed by atoms with Crippen molar-refractivity contribution in [2.24, 2.45) is 0 Å². The molecule has 1 heterocycles. The molecule has 1 amide bonds. The number of amides is 1. The summed E-state index contributed by atoms with van der Waals surface area (Å²) in [5.74, 6) is 1.38. The molecule has 3 aromatic carbocycles. The highest BCUT2D eigenvalue weighted by Gasteiger charge is 2.15. The van der Waals surface area contributed by atoms with E-state index in [1.54, 1.807) is 68.8 Å². The Kier molecular flexibility index (Phi) is 5.53. The Morgan fingerprint density at radius 2 is 1.70 bits per heavy atom. The van der Waals surface area contributed by atoms with Crippen molar-refractivity contribution in [3.05, 3.63) is 70.2 Å². The highest BCUT2D eigenvalue weighted by molar-refractivity contribution is 6.39. The number of aromatic amines is 1. The molecule has 6 nitrogen and oxygen atoms in total. The molecule has 152 valence electrons. The molecule has 30 heavy (non-hydrogen) atoms. The number of rotatable bonds is 5. The maximum absolute atomic E-state index is 12.7. The molecular formula is C22H17Cl2N3O3. The quantitative estimate of drug-likeness (QED) is 0.409. The SMILES string of the molecule is COc1ccc(NC(=O)c2ccc3nc(-c4c(Cl)cccc4Cl)[nH]c3c2)cc1OC. The molecule has 0 atom stereocenters. The molecule has 0 saturated carbocycles. The second-order valence-corrected chi connectivity index (χ2v) is 7.25. The van der Waals surface area contributed by atoms with E-state index in [1.807, 2.05) is 0 Å². The minimum absolute atomic E-state index is 0.268. The Bertz CT molecular complexity index is 1230. The van der Waals surface area contributed by atoms with Gasteiger partial charge in [0.25, 0.3) is 5.91 Å². The minimum atomic E-state index is -0.268. The van der Waals surface area contributed by atoms with Gasteiger partial charge in [0.2, 0.25) is 0 Å². The van der Waals surface area contributed by atoms with Crippen LogP contribution in [0.3, 0.4) is 0 Å². The number of aromatic nitrogens is 2. The number of nitrogens with one attached hydrogen (secondary N) is 2. The first kappa shape index (κ1) is 20.1. The van der Waals surface area contributed by atoms with E-state index >= 15 is 0 Å². The van der Waals surface area contributed by atoms with Gasteiger partial charge in [0.1, 0.15) is 5.82 Å². The van der Waals surface area contributed by atoms with Crippen LogP contribution in [-0.2, 0) is 0 Å². The largest absolute Gasteiger partial charge is 0.493 e. The highest BCUT2D eigenvalue weighted by Crippen LogP contribution is 2.34. The fourth-order valence-corrected chi connectivity index (χ4v) is 3.69. The zero-order chi connectivity index (χ0) is 21.3. The number of hydrogen-bond donors (Lipinski definition) is 2. The van der Waals surface area contributed by atoms with Crippen LogP contribution in [0.15, 0.2) is 54.6 Å². The second kappa shape index (κ2) is 8.26. The number of fused-ring (bicyclic) bond motifs is 1. The Hall–Kier alpha value is -3.22. The zero-order valence-electron chi connectivity index (χ0n) is 16.1. The fraction of sp³-hybridized carbons (Fsp3) is 0.0909. The molecule has 0 aliphatic rings. The van der Waals surface area contributed by atoms with Gasteiger partial charge >= 0.3 is 0 Å². The predicted molar refractivity (Wildman–Crippen MR) is 119 cm³/mol. The molecule has 0 aliphatic carbocycles. The zero-order valence-corrected chi connectivity index (χ0v) is 17.6. The number of benzene rings is 3. The summed E-state index contributed by atoms with van der Waals surface area (Å²) in [6, 6.07) is 15.6. The molecule has 8 heteroatoms. The van der Waals surface area contributed by atoms with E-state index in [-0.39, 0.29) is 5.91 Å². The van der Waals surface area contributed by atoms with Crippen molar-refractivity contribution in [1.82, 2.24) is 9.97 Å². The average molecular weight is 442 g/mol. The van der Waals surface area contributed by atoms with E-state index in [4.69, 9.17) is 32.7 Å². The fourth-order valence-electron chi connectivity index (χ4n) is 3.11. The normalized spacial score (nSPS) is 10.8. The Balaban J connectivity index is 1.63. The second-order valence-electron chi connectivity index (χ2n) is 6.44. The van der Waals surface area contributed by atoms with Crippen molar-refractivity contribution in [2.75, 3.05) is 19.5 Å². The van der Waals surface area contributed by atoms with Crippen molar-refractivity contribution < 1.29 is 14.3 Å². The van der Waals surface area contributed by atoms with Crippen LogP contribution in [0.25, 0.3) is 22.4 Å². The van der Waals surface area contributed by atoms with Crippen LogP contribution >= 0.6 is 23.2 Å². The van der Waals surface area contributed by atoms with Gasteiger partial charge in [-0.05, 0) is 42.5 Å². The van der Waals surface area contributed by atoms with Gasteiger partial charge in [0.05, 0.1) is 40.9 Å². The summed E-state index contributed by atoms with van der Waals surface area (Å²) >= 11 is 12.6. The number of halogens is 2. The lowest BCUT2D eigenvalue weighted by atomic mass is 10.2. The van der Waals surface area contributed by atoms with Crippen molar-refractivity contribution >= 4 is 45.8 Å². The number of ether oxygens (including phenoxy) is 2. The van der Waals surface area contributed by atoms with Gasteiger partial charge in [-0.15, -0.1) is 0 Å². The van der Waals surface area contributed by atoms with Gasteiger partial charge in [-0.3, -0.25) is 4.79 Å². The number of imidazole rings is 1. The molecule has 0 spiro atoms. The lowest BCUT2D eigenvalue weighted by Crippen LogP contribution is -2.11. The van der Waals surface area contributed by atoms with Crippen LogP contribution < -0.4 is 14.8 Å². The van der Waals surface area contributed by atoms with E-state index in [0.717, 1.165) is 0 Å². The smallest absolute Gasteiger partial charge is 0.255 e. The summed E-state index contributed by atoms with van der Waals surface area (Å²) in [5.41, 5.74) is 3.07. The standard InChI is InChI=1S/C22H17Cl2N3O3/c1-29-18-9-7-13(11-19(18)30-2)25-22(28)12-6-8-16-17(10-12)27-21(26-16)20-14(23)4-3-5-15(20)24/h3-11H,1-2H3,(H,25,28)(H,26,27). The maximum Gasteiger partial charge on any atom is 0.255 e. The first-order chi connectivity index (χ1) is 14.5. The van der Waals surface area contributed by atoms with Crippen LogP contribution in [0, 0.1) is 0 Å². The number of hydrogen-bond acceptors (Lipinski definition) is 4. The Labute approximate surface area is 182 Å². The third-order valence-electron chi connectivity index (χ3n) is 4.59. The third kappa shape index (κ3) is 3.79. The molecule has 2 N–H and O–H groups in total. The van der Waals surface area contributed by atoms with E-state index in [0.29, 0.717) is 55.2 Å². The van der Waals surface area contributed by atoms with E-state index in [2.05, 4.69) is 15.3 Å². The van der Waals surface area contributed by atoms with Gasteiger partial charge in [-0.25, -0.2) is 4.98 Å². The van der Waals surface area contributed by atoms with Gasteiger partial charge in [-0.2, -0.15) is 0 Å². The van der Waals surface area contributed by atoms with Crippen LogP contribution in [0.2, 0.25) is 10.0 Å². The van der Waals surface area contributed by atoms with Gasteiger partial charge in [-0.1, -0.05) is 29.3 Å². The number of nitrogens with zero attached hydrogens (tertiary/aromatic N) is 1. The molecule has 0 fully saturated rings. The molecule has 0 aliphatic heterocycles. The first-order valence-electron chi connectivity index (χ1n) is 8.97. The van der Waals surface area contributed by atoms with E-state index in [9.17, 15) is 4.79 Å². The monoisotopic (exact) mass is 441 g/mol. The molecule has 4 rings (SSSR count). The molecule has 0 bridgehead atoms. The van der Waals surface area contributed by atoms with E-state index in [1.165, 1.54) is 0 Å². The Morgan fingerprint density at radius 1 is 0.967 bits per heavy atom. The summed E-state index contributed by atoms with van der Waals surface area (Å²) in [7, 11) is 3.10. The molecule has 1 aromatic heterocycles. The van der Waals surface area contributed by atoms with Gasteiger partial charge < -0.3 is 19.8 Å². The summed E-state index contributed by atoms with van der Waals surface area (Å²) in [6.45, 7) is 0. The maximum atomic E-state index is 12.7. The number of anilines is 1. The Morgan fingerprint density at radius 3 is 2.40 bits per heavy atom. The molecule has 0 unspecified atom stereocenters. The van der Waals surface area contributed by atoms with Crippen LogP contribution in [0.4, 0.5) is 5.69 Å². The van der Waals surface area contributed by atoms with Crippen LogP contribution in [-0.4, -0.2) is 30.1 Å². The number of carbonyl (C=O) groups excluding carboxylic acids is 1. The molecule has 0 saturated heterocycles. The van der Waals surface area contributed by atoms with Crippen molar-refractivity contribution in [2.45, 2.75) is 0 Å². The number of carbonyl (C=O) groups is 1. The minimum Gasteiger partial charge on any atom is -0.493 e. The van der Waals surface area contributed by atoms with E-state index < -0.39 is 0 Å². The summed E-state index contributed by atoms with van der Waals surface area (Å²) in [6.07, 6.45) is 0. The molecular weight excluding hydrogens is 425 g/mol. The number of methoxy groups -OCH3 is 2. The predicted octanol–water partition coefficient (Wildman–Crippen LogP) is 5.81. The highest BCUT2D eigenvalue weighted by atomic mass is 35.5. The first-order valence-corrected chi connectivity index (χ1v) is 9.73. The van der Waals surface area contributed by atoms with Crippen molar-refractivity contribution in [1.29, 1.82) is 0 Å². The lowest BCUT2D eigenvalue weighted by molar-refractivity contribution is 0.102. The lowest BCUT2D eigenvalue weighted by Gasteiger charge is -2.10. The summed E-state index contributed by atoms with van der Waals surface area (Å²) in [4.78, 5) is 20.5.